The summed E-state index contributed by atoms with van der Waals surface area (Å²) in [5.41, 5.74) is 7.17. The second kappa shape index (κ2) is 9.66. The molecule has 5 nitrogen and oxygen atoms in total. The molecule has 2 rings (SSSR count). The van der Waals surface area contributed by atoms with Crippen molar-refractivity contribution in [3.63, 3.8) is 0 Å². The molecular weight excluding hydrogens is 342 g/mol. The predicted octanol–water partition coefficient (Wildman–Crippen LogP) is 2.81. The van der Waals surface area contributed by atoms with Gasteiger partial charge in [0.25, 0.3) is 0 Å². The molecule has 0 aliphatic carbocycles. The summed E-state index contributed by atoms with van der Waals surface area (Å²) < 4.78 is 0. The minimum Gasteiger partial charge on any atom is -0.370 e. The van der Waals surface area contributed by atoms with Crippen LogP contribution in [-0.2, 0) is 6.54 Å². The van der Waals surface area contributed by atoms with Crippen molar-refractivity contribution in [3.8, 4) is 0 Å². The Bertz CT molecular complexity index is 450. The standard InChI is InChI=1S/C16H27N5.BrH/c1-3-20(4-2)15-9-8-14(12-18-15)13-19-16(17)21-10-6-5-7-11-21;/h8-9,12H,3-7,10-11,13H2,1-2H3,(H2,17,19);1H. The number of hydrogen-bond donors (Lipinski definition) is 1. The maximum Gasteiger partial charge on any atom is 0.191 e. The number of aliphatic imine (C=N–C) groups is 1. The van der Waals surface area contributed by atoms with Crippen LogP contribution in [0.4, 0.5) is 5.82 Å². The van der Waals surface area contributed by atoms with Crippen molar-refractivity contribution >= 4 is 28.8 Å². The Morgan fingerprint density at radius 1 is 1.23 bits per heavy atom. The Balaban J connectivity index is 0.00000242. The van der Waals surface area contributed by atoms with E-state index in [1.165, 1.54) is 19.3 Å². The van der Waals surface area contributed by atoms with E-state index in [1.54, 1.807) is 0 Å². The van der Waals surface area contributed by atoms with Crippen LogP contribution < -0.4 is 10.6 Å². The van der Waals surface area contributed by atoms with Gasteiger partial charge < -0.3 is 15.5 Å². The molecule has 0 spiro atoms. The van der Waals surface area contributed by atoms with E-state index in [1.807, 2.05) is 6.20 Å². The summed E-state index contributed by atoms with van der Waals surface area (Å²) in [6, 6.07) is 4.16. The van der Waals surface area contributed by atoms with Gasteiger partial charge in [0.15, 0.2) is 5.96 Å². The van der Waals surface area contributed by atoms with Crippen LogP contribution in [-0.4, -0.2) is 42.0 Å². The largest absolute Gasteiger partial charge is 0.370 e. The molecule has 124 valence electrons. The molecule has 22 heavy (non-hydrogen) atoms. The average Bonchev–Trinajstić information content (AvgIpc) is 2.55. The Kier molecular flexibility index (Phi) is 8.24. The number of piperidine rings is 1. The SMILES string of the molecule is Br.CCN(CC)c1ccc(CN=C(N)N2CCCCC2)cn1. The van der Waals surface area contributed by atoms with Gasteiger partial charge in [0.05, 0.1) is 6.54 Å². The minimum atomic E-state index is 0. The van der Waals surface area contributed by atoms with Gasteiger partial charge >= 0.3 is 0 Å². The normalized spacial score (nSPS) is 15.4. The van der Waals surface area contributed by atoms with Gasteiger partial charge in [-0.2, -0.15) is 0 Å². The number of rotatable bonds is 5. The fourth-order valence-electron chi connectivity index (χ4n) is 2.64. The van der Waals surface area contributed by atoms with Crippen LogP contribution in [0.25, 0.3) is 0 Å². The van der Waals surface area contributed by atoms with E-state index in [0.717, 1.165) is 37.6 Å². The molecule has 0 bridgehead atoms. The zero-order chi connectivity index (χ0) is 15.1. The molecule has 6 heteroatoms. The molecule has 2 heterocycles. The Labute approximate surface area is 144 Å². The maximum atomic E-state index is 6.06. The van der Waals surface area contributed by atoms with E-state index in [-0.39, 0.29) is 17.0 Å². The molecule has 0 radical (unpaired) electrons. The summed E-state index contributed by atoms with van der Waals surface area (Å²) in [6.45, 7) is 8.91. The van der Waals surface area contributed by atoms with Gasteiger partial charge in [-0.3, -0.25) is 0 Å². The number of likely N-dealkylation sites (tertiary alicyclic amines) is 1. The first-order valence-electron chi connectivity index (χ1n) is 7.99. The van der Waals surface area contributed by atoms with E-state index >= 15 is 0 Å². The Morgan fingerprint density at radius 3 is 2.45 bits per heavy atom. The van der Waals surface area contributed by atoms with Gasteiger partial charge in [0, 0.05) is 32.4 Å². The van der Waals surface area contributed by atoms with Gasteiger partial charge in [-0.05, 0) is 44.7 Å². The van der Waals surface area contributed by atoms with Crippen molar-refractivity contribution in [1.82, 2.24) is 9.88 Å². The Morgan fingerprint density at radius 2 is 1.91 bits per heavy atom. The smallest absolute Gasteiger partial charge is 0.191 e. The van der Waals surface area contributed by atoms with Crippen molar-refractivity contribution in [3.05, 3.63) is 23.9 Å². The number of pyridine rings is 1. The van der Waals surface area contributed by atoms with Crippen molar-refractivity contribution in [2.75, 3.05) is 31.1 Å². The molecule has 0 amide bonds. The van der Waals surface area contributed by atoms with Gasteiger partial charge in [-0.15, -0.1) is 17.0 Å². The Hall–Kier alpha value is -1.30. The predicted molar refractivity (Wildman–Crippen MR) is 98.9 cm³/mol. The van der Waals surface area contributed by atoms with Gasteiger partial charge in [0.2, 0.25) is 0 Å². The fraction of sp³-hybridized carbons (Fsp3) is 0.625. The second-order valence-corrected chi connectivity index (χ2v) is 5.42. The third-order valence-electron chi connectivity index (χ3n) is 4.00. The zero-order valence-electron chi connectivity index (χ0n) is 13.7. The summed E-state index contributed by atoms with van der Waals surface area (Å²) in [7, 11) is 0. The average molecular weight is 370 g/mol. The zero-order valence-corrected chi connectivity index (χ0v) is 15.4. The summed E-state index contributed by atoms with van der Waals surface area (Å²) in [6.07, 6.45) is 5.65. The highest BCUT2D eigenvalue weighted by Gasteiger charge is 2.11. The lowest BCUT2D eigenvalue weighted by Crippen LogP contribution is -2.40. The fourth-order valence-corrected chi connectivity index (χ4v) is 2.64. The minimum absolute atomic E-state index is 0. The molecule has 1 aliphatic rings. The third-order valence-corrected chi connectivity index (χ3v) is 4.00. The maximum absolute atomic E-state index is 6.06. The van der Waals surface area contributed by atoms with Crippen molar-refractivity contribution in [2.24, 2.45) is 10.7 Å². The van der Waals surface area contributed by atoms with E-state index in [9.17, 15) is 0 Å². The lowest BCUT2D eigenvalue weighted by Gasteiger charge is -2.27. The lowest BCUT2D eigenvalue weighted by atomic mass is 10.1. The molecule has 1 aromatic heterocycles. The van der Waals surface area contributed by atoms with Crippen LogP contribution in [0.2, 0.25) is 0 Å². The summed E-state index contributed by atoms with van der Waals surface area (Å²) >= 11 is 0. The molecule has 1 fully saturated rings. The molecule has 0 atom stereocenters. The number of nitrogens with two attached hydrogens (primary N) is 1. The van der Waals surface area contributed by atoms with Crippen LogP contribution in [0, 0.1) is 0 Å². The molecule has 1 aromatic rings. The number of guanidine groups is 1. The molecular formula is C16H28BrN5. The topological polar surface area (TPSA) is 57.8 Å². The van der Waals surface area contributed by atoms with Crippen LogP contribution in [0.3, 0.4) is 0 Å². The molecule has 0 saturated carbocycles. The number of anilines is 1. The highest BCUT2D eigenvalue weighted by Crippen LogP contribution is 2.12. The number of halogens is 1. The van der Waals surface area contributed by atoms with E-state index in [2.05, 4.69) is 45.8 Å². The lowest BCUT2D eigenvalue weighted by molar-refractivity contribution is 0.338. The molecule has 2 N–H and O–H groups in total. The molecule has 0 unspecified atom stereocenters. The summed E-state index contributed by atoms with van der Waals surface area (Å²) in [4.78, 5) is 13.4. The first kappa shape index (κ1) is 18.7. The molecule has 0 aromatic carbocycles. The van der Waals surface area contributed by atoms with Crippen LogP contribution in [0.1, 0.15) is 38.7 Å². The quantitative estimate of drug-likeness (QED) is 0.640. The second-order valence-electron chi connectivity index (χ2n) is 5.42. The number of nitrogens with zero attached hydrogens (tertiary/aromatic N) is 4. The number of aromatic nitrogens is 1. The first-order chi connectivity index (χ1) is 10.2. The van der Waals surface area contributed by atoms with Crippen LogP contribution >= 0.6 is 17.0 Å². The monoisotopic (exact) mass is 369 g/mol. The third kappa shape index (κ3) is 5.16. The highest BCUT2D eigenvalue weighted by atomic mass is 79.9. The van der Waals surface area contributed by atoms with Gasteiger partial charge in [0.1, 0.15) is 5.82 Å². The van der Waals surface area contributed by atoms with E-state index in [4.69, 9.17) is 5.73 Å². The van der Waals surface area contributed by atoms with Gasteiger partial charge in [-0.1, -0.05) is 6.07 Å². The van der Waals surface area contributed by atoms with Crippen molar-refractivity contribution < 1.29 is 0 Å². The van der Waals surface area contributed by atoms with Crippen molar-refractivity contribution in [2.45, 2.75) is 39.7 Å². The van der Waals surface area contributed by atoms with E-state index < -0.39 is 0 Å². The van der Waals surface area contributed by atoms with Gasteiger partial charge in [-0.25, -0.2) is 9.98 Å². The molecule has 1 saturated heterocycles. The number of hydrogen-bond acceptors (Lipinski definition) is 3. The van der Waals surface area contributed by atoms with E-state index in [0.29, 0.717) is 12.5 Å². The highest BCUT2D eigenvalue weighted by molar-refractivity contribution is 8.93. The molecule has 1 aliphatic heterocycles. The van der Waals surface area contributed by atoms with Crippen LogP contribution in [0.5, 0.6) is 0 Å². The summed E-state index contributed by atoms with van der Waals surface area (Å²) in [5.74, 6) is 1.69. The summed E-state index contributed by atoms with van der Waals surface area (Å²) in [5, 5.41) is 0. The van der Waals surface area contributed by atoms with Crippen molar-refractivity contribution in [1.29, 1.82) is 0 Å². The van der Waals surface area contributed by atoms with Crippen LogP contribution in [0.15, 0.2) is 23.3 Å². The first-order valence-corrected chi connectivity index (χ1v) is 7.99.